The number of nitrogens with zero attached hydrogens (tertiary/aromatic N) is 2. The van der Waals surface area contributed by atoms with Crippen LogP contribution in [0.25, 0.3) is 0 Å². The smallest absolute Gasteiger partial charge is 0.160 e. The summed E-state index contributed by atoms with van der Waals surface area (Å²) in [6, 6.07) is 11.4. The predicted molar refractivity (Wildman–Crippen MR) is 105 cm³/mol. The molecule has 0 saturated carbocycles. The molecule has 3 rings (SSSR count). The summed E-state index contributed by atoms with van der Waals surface area (Å²) in [4.78, 5) is 16.1. The molecule has 0 aliphatic carbocycles. The first kappa shape index (κ1) is 19.3. The number of thiophene rings is 1. The second-order valence-electron chi connectivity index (χ2n) is 6.34. The van der Waals surface area contributed by atoms with Crippen molar-refractivity contribution < 1.29 is 14.6 Å². The van der Waals surface area contributed by atoms with Crippen molar-refractivity contribution >= 4 is 34.2 Å². The third kappa shape index (κ3) is 5.28. The van der Waals surface area contributed by atoms with Crippen molar-refractivity contribution in [2.75, 3.05) is 44.2 Å². The van der Waals surface area contributed by atoms with Gasteiger partial charge < -0.3 is 14.7 Å². The van der Waals surface area contributed by atoms with Crippen LogP contribution in [0.3, 0.4) is 0 Å². The number of aldehydes is 1. The fourth-order valence-corrected chi connectivity index (χ4v) is 4.06. The zero-order valence-corrected chi connectivity index (χ0v) is 16.1. The number of carbonyl (C=O) groups is 1. The number of piperazine rings is 1. The van der Waals surface area contributed by atoms with Gasteiger partial charge in [-0.25, -0.2) is 0 Å². The van der Waals surface area contributed by atoms with Crippen LogP contribution in [0.5, 0.6) is 0 Å². The Morgan fingerprint density at radius 2 is 1.96 bits per heavy atom. The zero-order chi connectivity index (χ0) is 18.4. The van der Waals surface area contributed by atoms with Crippen molar-refractivity contribution in [3.8, 4) is 0 Å². The van der Waals surface area contributed by atoms with Gasteiger partial charge in [-0.2, -0.15) is 0 Å². The first-order chi connectivity index (χ1) is 12.7. The highest BCUT2D eigenvalue weighted by atomic mass is 35.5. The normalized spacial score (nSPS) is 16.6. The van der Waals surface area contributed by atoms with E-state index in [-0.39, 0.29) is 0 Å². The number of anilines is 1. The van der Waals surface area contributed by atoms with Crippen LogP contribution in [0.1, 0.15) is 15.2 Å². The van der Waals surface area contributed by atoms with Gasteiger partial charge in [0.1, 0.15) is 0 Å². The maximum atomic E-state index is 10.8. The first-order valence-electron chi connectivity index (χ1n) is 8.67. The molecule has 0 radical (unpaired) electrons. The predicted octanol–water partition coefficient (Wildman–Crippen LogP) is 2.91. The van der Waals surface area contributed by atoms with Crippen LogP contribution in [0.2, 0.25) is 5.02 Å². The Morgan fingerprint density at radius 1 is 1.19 bits per heavy atom. The molecule has 1 fully saturated rings. The number of halogens is 1. The minimum Gasteiger partial charge on any atom is -0.389 e. The van der Waals surface area contributed by atoms with E-state index >= 15 is 0 Å². The largest absolute Gasteiger partial charge is 0.389 e. The lowest BCUT2D eigenvalue weighted by Crippen LogP contribution is -2.49. The standard InChI is InChI=1S/C19H23ClN2O3S/c20-18-4-2-1-3-15(18)13-25-14-16(24)11-21-7-9-22(10-8-21)19-6-5-17(12-23)26-19/h1-6,12,16,24H,7-11,13-14H2/t16-/m1/s1. The molecule has 26 heavy (non-hydrogen) atoms. The summed E-state index contributed by atoms with van der Waals surface area (Å²) in [5.74, 6) is 0. The summed E-state index contributed by atoms with van der Waals surface area (Å²) in [6.45, 7) is 4.85. The van der Waals surface area contributed by atoms with Crippen LogP contribution in [-0.4, -0.2) is 61.7 Å². The Labute approximate surface area is 162 Å². The van der Waals surface area contributed by atoms with E-state index in [0.717, 1.165) is 47.9 Å². The highest BCUT2D eigenvalue weighted by molar-refractivity contribution is 7.17. The van der Waals surface area contributed by atoms with Gasteiger partial charge in [-0.1, -0.05) is 29.8 Å². The average Bonchev–Trinajstić information content (AvgIpc) is 3.13. The van der Waals surface area contributed by atoms with Gasteiger partial charge in [0.05, 0.1) is 29.2 Å². The van der Waals surface area contributed by atoms with Gasteiger partial charge in [-0.05, 0) is 23.8 Å². The Balaban J connectivity index is 1.37. The van der Waals surface area contributed by atoms with Crippen molar-refractivity contribution in [3.05, 3.63) is 51.9 Å². The monoisotopic (exact) mass is 394 g/mol. The third-order valence-corrected chi connectivity index (χ3v) is 5.85. The van der Waals surface area contributed by atoms with Crippen molar-refractivity contribution in [1.82, 2.24) is 4.90 Å². The van der Waals surface area contributed by atoms with Crippen LogP contribution in [-0.2, 0) is 11.3 Å². The lowest BCUT2D eigenvalue weighted by molar-refractivity contribution is 0.00917. The Hall–Kier alpha value is -1.44. The summed E-state index contributed by atoms with van der Waals surface area (Å²) in [6.07, 6.45) is 0.371. The number of carbonyl (C=O) groups excluding carboxylic acids is 1. The minimum absolute atomic E-state index is 0.291. The quantitative estimate of drug-likeness (QED) is 0.698. The number of ether oxygens (including phenoxy) is 1. The van der Waals surface area contributed by atoms with Gasteiger partial charge in [-0.15, -0.1) is 11.3 Å². The van der Waals surface area contributed by atoms with Gasteiger partial charge in [0.15, 0.2) is 6.29 Å². The number of aliphatic hydroxyl groups excluding tert-OH is 1. The lowest BCUT2D eigenvalue weighted by atomic mass is 10.2. The van der Waals surface area contributed by atoms with E-state index in [1.54, 1.807) is 0 Å². The van der Waals surface area contributed by atoms with Crippen molar-refractivity contribution in [2.45, 2.75) is 12.7 Å². The van der Waals surface area contributed by atoms with Gasteiger partial charge in [0.2, 0.25) is 0 Å². The molecule has 5 nitrogen and oxygen atoms in total. The topological polar surface area (TPSA) is 53.0 Å². The number of aliphatic hydroxyl groups is 1. The van der Waals surface area contributed by atoms with E-state index < -0.39 is 6.10 Å². The number of hydrogen-bond donors (Lipinski definition) is 1. The maximum Gasteiger partial charge on any atom is 0.160 e. The van der Waals surface area contributed by atoms with Crippen molar-refractivity contribution in [3.63, 3.8) is 0 Å². The molecule has 140 valence electrons. The van der Waals surface area contributed by atoms with E-state index in [1.165, 1.54) is 11.3 Å². The van der Waals surface area contributed by atoms with Crippen LogP contribution < -0.4 is 4.90 Å². The van der Waals surface area contributed by atoms with Crippen molar-refractivity contribution in [2.24, 2.45) is 0 Å². The van der Waals surface area contributed by atoms with Gasteiger partial charge in [0, 0.05) is 37.7 Å². The summed E-state index contributed by atoms with van der Waals surface area (Å²) in [5.41, 5.74) is 0.931. The number of benzene rings is 1. The molecular weight excluding hydrogens is 372 g/mol. The fourth-order valence-electron chi connectivity index (χ4n) is 3.00. The lowest BCUT2D eigenvalue weighted by Gasteiger charge is -2.36. The van der Waals surface area contributed by atoms with Crippen LogP contribution >= 0.6 is 22.9 Å². The van der Waals surface area contributed by atoms with E-state index in [1.807, 2.05) is 36.4 Å². The molecule has 0 bridgehead atoms. The molecule has 7 heteroatoms. The highest BCUT2D eigenvalue weighted by Crippen LogP contribution is 2.26. The second-order valence-corrected chi connectivity index (χ2v) is 7.84. The summed E-state index contributed by atoms with van der Waals surface area (Å²) >= 11 is 7.62. The van der Waals surface area contributed by atoms with Crippen LogP contribution in [0, 0.1) is 0 Å². The summed E-state index contributed by atoms with van der Waals surface area (Å²) < 4.78 is 5.61. The molecular formula is C19H23ClN2O3S. The second kappa shape index (κ2) is 9.48. The molecule has 1 atom stereocenters. The first-order valence-corrected chi connectivity index (χ1v) is 9.86. The average molecular weight is 395 g/mol. The highest BCUT2D eigenvalue weighted by Gasteiger charge is 2.20. The van der Waals surface area contributed by atoms with Crippen LogP contribution in [0.15, 0.2) is 36.4 Å². The summed E-state index contributed by atoms with van der Waals surface area (Å²) in [5, 5.41) is 12.0. The number of hydrogen-bond acceptors (Lipinski definition) is 6. The molecule has 1 N–H and O–H groups in total. The maximum absolute atomic E-state index is 10.8. The zero-order valence-electron chi connectivity index (χ0n) is 14.5. The third-order valence-electron chi connectivity index (χ3n) is 4.41. The van der Waals surface area contributed by atoms with E-state index in [4.69, 9.17) is 16.3 Å². The molecule has 0 amide bonds. The molecule has 1 aliphatic heterocycles. The minimum atomic E-state index is -0.521. The number of β-amino-alcohol motifs (C(OH)–C–C–N with tert-alkyl or cyclic N) is 1. The SMILES string of the molecule is O=Cc1ccc(N2CCN(C[C@@H](O)COCc3ccccc3Cl)CC2)s1. The number of rotatable bonds is 8. The fraction of sp³-hybridized carbons (Fsp3) is 0.421. The molecule has 0 unspecified atom stereocenters. The molecule has 1 aromatic heterocycles. The molecule has 0 spiro atoms. The van der Waals surface area contributed by atoms with Gasteiger partial charge in [0.25, 0.3) is 0 Å². The molecule has 1 saturated heterocycles. The Bertz CT molecular complexity index is 716. The van der Waals surface area contributed by atoms with Gasteiger partial charge in [-0.3, -0.25) is 9.69 Å². The van der Waals surface area contributed by atoms with Crippen LogP contribution in [0.4, 0.5) is 5.00 Å². The van der Waals surface area contributed by atoms with E-state index in [0.29, 0.717) is 24.8 Å². The molecule has 2 heterocycles. The Morgan fingerprint density at radius 3 is 2.65 bits per heavy atom. The molecule has 2 aromatic rings. The van der Waals surface area contributed by atoms with Gasteiger partial charge >= 0.3 is 0 Å². The van der Waals surface area contributed by atoms with E-state index in [9.17, 15) is 9.90 Å². The Kier molecular flexibility index (Phi) is 7.05. The van der Waals surface area contributed by atoms with E-state index in [2.05, 4.69) is 9.80 Å². The summed E-state index contributed by atoms with van der Waals surface area (Å²) in [7, 11) is 0. The molecule has 1 aliphatic rings. The van der Waals surface area contributed by atoms with Crippen molar-refractivity contribution in [1.29, 1.82) is 0 Å². The molecule has 1 aromatic carbocycles.